The third-order valence-corrected chi connectivity index (χ3v) is 3.60. The summed E-state index contributed by atoms with van der Waals surface area (Å²) < 4.78 is 46.7. The SMILES string of the molecule is Cc1nn(C)c(Oc2cccc(F)c2)c1NC(=O)c1ccc(F)c(F)c1. The van der Waals surface area contributed by atoms with Crippen LogP contribution in [0.25, 0.3) is 0 Å². The Morgan fingerprint density at radius 3 is 2.58 bits per heavy atom. The molecule has 2 aromatic carbocycles. The van der Waals surface area contributed by atoms with Gasteiger partial charge in [-0.25, -0.2) is 17.9 Å². The topological polar surface area (TPSA) is 56.1 Å². The number of hydrogen-bond donors (Lipinski definition) is 1. The zero-order valence-corrected chi connectivity index (χ0v) is 13.9. The number of aromatic nitrogens is 2. The summed E-state index contributed by atoms with van der Waals surface area (Å²) in [7, 11) is 1.59. The number of amides is 1. The molecule has 1 heterocycles. The number of anilines is 1. The molecular formula is C18H14F3N3O2. The zero-order chi connectivity index (χ0) is 18.8. The lowest BCUT2D eigenvalue weighted by Crippen LogP contribution is -2.13. The van der Waals surface area contributed by atoms with Gasteiger partial charge in [-0.1, -0.05) is 6.07 Å². The summed E-state index contributed by atoms with van der Waals surface area (Å²) in [4.78, 5) is 12.3. The van der Waals surface area contributed by atoms with Crippen LogP contribution in [0.1, 0.15) is 16.1 Å². The van der Waals surface area contributed by atoms with Crippen LogP contribution < -0.4 is 10.1 Å². The maximum Gasteiger partial charge on any atom is 0.255 e. The highest BCUT2D eigenvalue weighted by Gasteiger charge is 2.19. The average Bonchev–Trinajstić information content (AvgIpc) is 2.84. The Hall–Kier alpha value is -3.29. The van der Waals surface area contributed by atoms with E-state index in [1.54, 1.807) is 20.0 Å². The van der Waals surface area contributed by atoms with Gasteiger partial charge in [-0.2, -0.15) is 5.10 Å². The molecule has 0 aliphatic carbocycles. The Labute approximate surface area is 147 Å². The molecule has 3 aromatic rings. The lowest BCUT2D eigenvalue weighted by atomic mass is 10.2. The molecule has 0 fully saturated rings. The van der Waals surface area contributed by atoms with Crippen LogP contribution in [0.4, 0.5) is 18.9 Å². The van der Waals surface area contributed by atoms with Crippen molar-refractivity contribution in [1.82, 2.24) is 9.78 Å². The molecule has 0 aliphatic heterocycles. The number of nitrogens with zero attached hydrogens (tertiary/aromatic N) is 2. The number of rotatable bonds is 4. The summed E-state index contributed by atoms with van der Waals surface area (Å²) >= 11 is 0. The fourth-order valence-corrected chi connectivity index (χ4v) is 2.36. The fraction of sp³-hybridized carbons (Fsp3) is 0.111. The van der Waals surface area contributed by atoms with Gasteiger partial charge in [0.25, 0.3) is 5.91 Å². The van der Waals surface area contributed by atoms with Gasteiger partial charge in [-0.15, -0.1) is 0 Å². The Bertz CT molecular complexity index is 986. The zero-order valence-electron chi connectivity index (χ0n) is 13.9. The van der Waals surface area contributed by atoms with Crippen LogP contribution in [0.2, 0.25) is 0 Å². The van der Waals surface area contributed by atoms with E-state index in [1.165, 1.54) is 22.9 Å². The van der Waals surface area contributed by atoms with Crippen molar-refractivity contribution in [2.45, 2.75) is 6.92 Å². The van der Waals surface area contributed by atoms with E-state index in [-0.39, 0.29) is 22.9 Å². The molecule has 1 N–H and O–H groups in total. The average molecular weight is 361 g/mol. The van der Waals surface area contributed by atoms with Gasteiger partial charge >= 0.3 is 0 Å². The molecule has 5 nitrogen and oxygen atoms in total. The predicted molar refractivity (Wildman–Crippen MR) is 88.7 cm³/mol. The highest BCUT2D eigenvalue weighted by molar-refractivity contribution is 6.05. The van der Waals surface area contributed by atoms with Gasteiger partial charge in [0.1, 0.15) is 17.3 Å². The van der Waals surface area contributed by atoms with Gasteiger partial charge in [0, 0.05) is 18.7 Å². The number of hydrogen-bond acceptors (Lipinski definition) is 3. The van der Waals surface area contributed by atoms with Crippen LogP contribution in [0, 0.1) is 24.4 Å². The molecule has 26 heavy (non-hydrogen) atoms. The Balaban J connectivity index is 1.90. The number of carbonyl (C=O) groups is 1. The van der Waals surface area contributed by atoms with E-state index in [1.807, 2.05) is 0 Å². The van der Waals surface area contributed by atoms with Crippen LogP contribution in [0.3, 0.4) is 0 Å². The normalized spacial score (nSPS) is 10.7. The van der Waals surface area contributed by atoms with Gasteiger partial charge < -0.3 is 10.1 Å². The summed E-state index contributed by atoms with van der Waals surface area (Å²) in [6, 6.07) is 8.30. The van der Waals surface area contributed by atoms with Crippen LogP contribution in [-0.2, 0) is 7.05 Å². The van der Waals surface area contributed by atoms with E-state index in [9.17, 15) is 18.0 Å². The van der Waals surface area contributed by atoms with E-state index in [2.05, 4.69) is 10.4 Å². The van der Waals surface area contributed by atoms with Crippen LogP contribution in [0.5, 0.6) is 11.6 Å². The number of aryl methyl sites for hydroxylation is 2. The standard InChI is InChI=1S/C18H14F3N3O2/c1-10-16(22-17(25)11-6-7-14(20)15(21)8-11)18(24(2)23-10)26-13-5-3-4-12(19)9-13/h3-9H,1-2H3,(H,22,25). The first-order valence-corrected chi connectivity index (χ1v) is 7.58. The number of carbonyl (C=O) groups excluding carboxylic acids is 1. The maximum absolute atomic E-state index is 13.3. The van der Waals surface area contributed by atoms with Gasteiger partial charge in [-0.3, -0.25) is 4.79 Å². The Morgan fingerprint density at radius 1 is 1.12 bits per heavy atom. The van der Waals surface area contributed by atoms with Crippen LogP contribution >= 0.6 is 0 Å². The largest absolute Gasteiger partial charge is 0.437 e. The van der Waals surface area contributed by atoms with Crippen molar-refractivity contribution in [2.75, 3.05) is 5.32 Å². The molecule has 0 radical (unpaired) electrons. The number of ether oxygens (including phenoxy) is 1. The van der Waals surface area contributed by atoms with Crippen molar-refractivity contribution < 1.29 is 22.7 Å². The third kappa shape index (κ3) is 3.53. The van der Waals surface area contributed by atoms with Gasteiger partial charge in [0.15, 0.2) is 11.6 Å². The quantitative estimate of drug-likeness (QED) is 0.758. The molecule has 0 atom stereocenters. The van der Waals surface area contributed by atoms with Crippen molar-refractivity contribution in [2.24, 2.45) is 7.05 Å². The molecule has 0 unspecified atom stereocenters. The molecular weight excluding hydrogens is 347 g/mol. The first kappa shape index (κ1) is 17.5. The smallest absolute Gasteiger partial charge is 0.255 e. The third-order valence-electron chi connectivity index (χ3n) is 3.60. The Kier molecular flexibility index (Phi) is 4.66. The van der Waals surface area contributed by atoms with Crippen molar-refractivity contribution in [3.8, 4) is 11.6 Å². The molecule has 1 amide bonds. The maximum atomic E-state index is 13.3. The number of nitrogens with one attached hydrogen (secondary N) is 1. The minimum Gasteiger partial charge on any atom is -0.437 e. The van der Waals surface area contributed by atoms with E-state index in [0.29, 0.717) is 5.69 Å². The summed E-state index contributed by atoms with van der Waals surface area (Å²) in [5, 5.41) is 6.72. The number of halogens is 3. The monoisotopic (exact) mass is 361 g/mol. The highest BCUT2D eigenvalue weighted by atomic mass is 19.2. The van der Waals surface area contributed by atoms with E-state index in [0.717, 1.165) is 18.2 Å². The summed E-state index contributed by atoms with van der Waals surface area (Å²) in [5.41, 5.74) is 0.616. The van der Waals surface area contributed by atoms with E-state index < -0.39 is 23.4 Å². The van der Waals surface area contributed by atoms with E-state index in [4.69, 9.17) is 4.74 Å². The molecule has 134 valence electrons. The molecule has 1 aromatic heterocycles. The second kappa shape index (κ2) is 6.91. The van der Waals surface area contributed by atoms with Crippen molar-refractivity contribution in [3.05, 3.63) is 71.2 Å². The molecule has 0 bridgehead atoms. The summed E-state index contributed by atoms with van der Waals surface area (Å²) in [5.74, 6) is -2.93. The van der Waals surface area contributed by atoms with Gasteiger partial charge in [0.05, 0.1) is 5.69 Å². The molecule has 8 heteroatoms. The Morgan fingerprint density at radius 2 is 1.88 bits per heavy atom. The first-order valence-electron chi connectivity index (χ1n) is 7.58. The molecule has 0 saturated carbocycles. The van der Waals surface area contributed by atoms with Crippen LogP contribution in [0.15, 0.2) is 42.5 Å². The second-order valence-corrected chi connectivity index (χ2v) is 5.53. The first-order chi connectivity index (χ1) is 12.3. The fourth-order valence-electron chi connectivity index (χ4n) is 2.36. The van der Waals surface area contributed by atoms with E-state index >= 15 is 0 Å². The van der Waals surface area contributed by atoms with Gasteiger partial charge in [0.2, 0.25) is 5.88 Å². The summed E-state index contributed by atoms with van der Waals surface area (Å²) in [6.07, 6.45) is 0. The van der Waals surface area contributed by atoms with Crippen molar-refractivity contribution in [3.63, 3.8) is 0 Å². The minimum atomic E-state index is -1.13. The van der Waals surface area contributed by atoms with Crippen molar-refractivity contribution in [1.29, 1.82) is 0 Å². The predicted octanol–water partition coefficient (Wildman–Crippen LogP) is 4.19. The molecule has 0 spiro atoms. The molecule has 0 aliphatic rings. The lowest BCUT2D eigenvalue weighted by molar-refractivity contribution is 0.102. The minimum absolute atomic E-state index is 0.0659. The summed E-state index contributed by atoms with van der Waals surface area (Å²) in [6.45, 7) is 1.64. The molecule has 0 saturated heterocycles. The molecule has 3 rings (SSSR count). The van der Waals surface area contributed by atoms with Gasteiger partial charge in [-0.05, 0) is 37.3 Å². The van der Waals surface area contributed by atoms with Crippen LogP contribution in [-0.4, -0.2) is 15.7 Å². The number of benzene rings is 2. The lowest BCUT2D eigenvalue weighted by Gasteiger charge is -2.10. The highest BCUT2D eigenvalue weighted by Crippen LogP contribution is 2.32. The van der Waals surface area contributed by atoms with Crippen molar-refractivity contribution >= 4 is 11.6 Å². The second-order valence-electron chi connectivity index (χ2n) is 5.53.